The summed E-state index contributed by atoms with van der Waals surface area (Å²) in [6.45, 7) is 4.09. The van der Waals surface area contributed by atoms with Crippen LogP contribution >= 0.6 is 0 Å². The fourth-order valence-corrected chi connectivity index (χ4v) is 0.880. The van der Waals surface area contributed by atoms with Gasteiger partial charge in [-0.3, -0.25) is 4.99 Å². The van der Waals surface area contributed by atoms with Crippen LogP contribution in [0.4, 0.5) is 0 Å². The molecule has 0 spiro atoms. The van der Waals surface area contributed by atoms with Gasteiger partial charge < -0.3 is 16.6 Å². The van der Waals surface area contributed by atoms with E-state index in [2.05, 4.69) is 4.99 Å². The van der Waals surface area contributed by atoms with Crippen molar-refractivity contribution < 1.29 is 5.11 Å². The first-order valence-corrected chi connectivity index (χ1v) is 4.78. The van der Waals surface area contributed by atoms with Crippen LogP contribution < -0.4 is 11.5 Å². The number of nitrogens with zero attached hydrogens (tertiary/aromatic N) is 1. The standard InChI is InChI=1S/C11H19N3O/c1-3-11(7-13)14-9(2)4-5-10(6-12)8-15/h3-6,15H,7-8,12-13H2,1-2H3/b5-4-,10-6+,11-3-,14-9+. The molecule has 0 aromatic carbocycles. The highest BCUT2D eigenvalue weighted by atomic mass is 16.3. The zero-order valence-corrected chi connectivity index (χ0v) is 9.27. The third-order valence-corrected chi connectivity index (χ3v) is 1.80. The summed E-state index contributed by atoms with van der Waals surface area (Å²) in [4.78, 5) is 4.27. The molecule has 0 fully saturated rings. The summed E-state index contributed by atoms with van der Waals surface area (Å²) in [7, 11) is 0. The van der Waals surface area contributed by atoms with E-state index in [0.29, 0.717) is 12.1 Å². The van der Waals surface area contributed by atoms with Crippen molar-refractivity contribution in [3.8, 4) is 0 Å². The lowest BCUT2D eigenvalue weighted by Gasteiger charge is -1.98. The highest BCUT2D eigenvalue weighted by molar-refractivity contribution is 5.93. The van der Waals surface area contributed by atoms with Gasteiger partial charge in [-0.05, 0) is 31.7 Å². The Kier molecular flexibility index (Phi) is 7.23. The van der Waals surface area contributed by atoms with Crippen LogP contribution in [-0.2, 0) is 0 Å². The summed E-state index contributed by atoms with van der Waals surface area (Å²) in [6.07, 6.45) is 6.74. The quantitative estimate of drug-likeness (QED) is 0.460. The topological polar surface area (TPSA) is 84.6 Å². The molecule has 0 bridgehead atoms. The van der Waals surface area contributed by atoms with Crippen molar-refractivity contribution >= 4 is 5.71 Å². The maximum absolute atomic E-state index is 8.84. The van der Waals surface area contributed by atoms with Crippen molar-refractivity contribution in [1.29, 1.82) is 0 Å². The average molecular weight is 209 g/mol. The van der Waals surface area contributed by atoms with Crippen LogP contribution in [0.2, 0.25) is 0 Å². The van der Waals surface area contributed by atoms with Crippen molar-refractivity contribution in [2.75, 3.05) is 13.2 Å². The Morgan fingerprint density at radius 3 is 2.47 bits per heavy atom. The molecule has 0 aliphatic rings. The zero-order valence-electron chi connectivity index (χ0n) is 9.27. The Bertz CT molecular complexity index is 301. The Balaban J connectivity index is 4.54. The van der Waals surface area contributed by atoms with Crippen molar-refractivity contribution in [2.24, 2.45) is 16.5 Å². The molecule has 84 valence electrons. The monoisotopic (exact) mass is 209 g/mol. The molecule has 5 N–H and O–H groups in total. The van der Waals surface area contributed by atoms with Gasteiger partial charge in [-0.2, -0.15) is 0 Å². The van der Waals surface area contributed by atoms with Crippen molar-refractivity contribution in [3.05, 3.63) is 35.7 Å². The minimum absolute atomic E-state index is 0.0758. The van der Waals surface area contributed by atoms with Crippen LogP contribution in [0, 0.1) is 0 Å². The normalized spacial score (nSPS) is 15.1. The molecule has 4 heteroatoms. The molecule has 0 aromatic heterocycles. The van der Waals surface area contributed by atoms with Gasteiger partial charge in [-0.1, -0.05) is 12.2 Å². The number of allylic oxidation sites excluding steroid dienone is 2. The second-order valence-electron chi connectivity index (χ2n) is 2.97. The minimum atomic E-state index is -0.0758. The van der Waals surface area contributed by atoms with Crippen LogP contribution in [0.1, 0.15) is 13.8 Å². The van der Waals surface area contributed by atoms with E-state index in [1.807, 2.05) is 19.9 Å². The van der Waals surface area contributed by atoms with E-state index in [1.54, 1.807) is 12.2 Å². The van der Waals surface area contributed by atoms with E-state index in [0.717, 1.165) is 11.4 Å². The fraction of sp³-hybridized carbons (Fsp3) is 0.364. The molecule has 0 aromatic rings. The lowest BCUT2D eigenvalue weighted by molar-refractivity contribution is 0.334. The third-order valence-electron chi connectivity index (χ3n) is 1.80. The van der Waals surface area contributed by atoms with Gasteiger partial charge in [0.2, 0.25) is 0 Å². The predicted molar refractivity (Wildman–Crippen MR) is 64.4 cm³/mol. The van der Waals surface area contributed by atoms with Gasteiger partial charge in [-0.15, -0.1) is 0 Å². The molecule has 0 amide bonds. The van der Waals surface area contributed by atoms with Gasteiger partial charge in [0.25, 0.3) is 0 Å². The molecular formula is C11H19N3O. The average Bonchev–Trinajstić information content (AvgIpc) is 2.27. The van der Waals surface area contributed by atoms with E-state index in [1.165, 1.54) is 6.20 Å². The van der Waals surface area contributed by atoms with Gasteiger partial charge in [-0.25, -0.2) is 0 Å². The maximum atomic E-state index is 8.84. The summed E-state index contributed by atoms with van der Waals surface area (Å²) in [5, 5.41) is 8.84. The Labute approximate surface area is 90.7 Å². The first-order valence-electron chi connectivity index (χ1n) is 4.78. The first-order chi connectivity index (χ1) is 7.17. The summed E-state index contributed by atoms with van der Waals surface area (Å²) in [5.74, 6) is 0. The van der Waals surface area contributed by atoms with Crippen LogP contribution in [0.3, 0.4) is 0 Å². The third kappa shape index (κ3) is 5.83. The van der Waals surface area contributed by atoms with Gasteiger partial charge in [0.1, 0.15) is 0 Å². The smallest absolute Gasteiger partial charge is 0.0695 e. The number of aliphatic imine (C=N–C) groups is 1. The molecule has 4 nitrogen and oxygen atoms in total. The second kappa shape index (κ2) is 7.96. The number of aliphatic hydroxyl groups is 1. The largest absolute Gasteiger partial charge is 0.404 e. The Morgan fingerprint density at radius 1 is 1.40 bits per heavy atom. The van der Waals surface area contributed by atoms with Gasteiger partial charge in [0.05, 0.1) is 6.61 Å². The molecule has 0 rings (SSSR count). The highest BCUT2D eigenvalue weighted by Crippen LogP contribution is 1.98. The molecule has 15 heavy (non-hydrogen) atoms. The lowest BCUT2D eigenvalue weighted by Crippen LogP contribution is -2.02. The number of aliphatic hydroxyl groups excluding tert-OH is 1. The molecule has 0 aliphatic heterocycles. The number of nitrogens with two attached hydrogens (primary N) is 2. The number of hydrogen-bond acceptors (Lipinski definition) is 4. The van der Waals surface area contributed by atoms with Crippen LogP contribution in [0.5, 0.6) is 0 Å². The van der Waals surface area contributed by atoms with Crippen molar-refractivity contribution in [3.63, 3.8) is 0 Å². The highest BCUT2D eigenvalue weighted by Gasteiger charge is 1.91. The molecule has 0 radical (unpaired) electrons. The molecule has 0 heterocycles. The fourth-order valence-electron chi connectivity index (χ4n) is 0.880. The SMILES string of the molecule is C\C=C(CN)/N=C(C)/C=C\C(=C/N)CO. The summed E-state index contributed by atoms with van der Waals surface area (Å²) >= 11 is 0. The predicted octanol–water partition coefficient (Wildman–Crippen LogP) is 0.701. The second-order valence-corrected chi connectivity index (χ2v) is 2.97. The zero-order chi connectivity index (χ0) is 11.7. The molecule has 0 aliphatic carbocycles. The van der Waals surface area contributed by atoms with E-state index >= 15 is 0 Å². The van der Waals surface area contributed by atoms with E-state index in [-0.39, 0.29) is 6.61 Å². The number of rotatable bonds is 5. The van der Waals surface area contributed by atoms with E-state index in [9.17, 15) is 0 Å². The summed E-state index contributed by atoms with van der Waals surface area (Å²) in [5.41, 5.74) is 13.1. The van der Waals surface area contributed by atoms with Gasteiger partial charge in [0.15, 0.2) is 0 Å². The number of hydrogen-bond donors (Lipinski definition) is 3. The molecule has 0 saturated carbocycles. The van der Waals surface area contributed by atoms with Crippen LogP contribution in [-0.4, -0.2) is 24.0 Å². The summed E-state index contributed by atoms with van der Waals surface area (Å²) < 4.78 is 0. The Morgan fingerprint density at radius 2 is 2.07 bits per heavy atom. The lowest BCUT2D eigenvalue weighted by atomic mass is 10.2. The Hall–Kier alpha value is -1.39. The molecule has 0 atom stereocenters. The summed E-state index contributed by atoms with van der Waals surface area (Å²) in [6, 6.07) is 0. The minimum Gasteiger partial charge on any atom is -0.404 e. The maximum Gasteiger partial charge on any atom is 0.0695 e. The van der Waals surface area contributed by atoms with E-state index in [4.69, 9.17) is 16.6 Å². The molecule has 0 unspecified atom stereocenters. The first kappa shape index (κ1) is 13.6. The van der Waals surface area contributed by atoms with Crippen molar-refractivity contribution in [1.82, 2.24) is 0 Å². The van der Waals surface area contributed by atoms with Gasteiger partial charge in [0, 0.05) is 18.0 Å². The van der Waals surface area contributed by atoms with Crippen molar-refractivity contribution in [2.45, 2.75) is 13.8 Å². The van der Waals surface area contributed by atoms with E-state index < -0.39 is 0 Å². The van der Waals surface area contributed by atoms with Crippen LogP contribution in [0.15, 0.2) is 40.7 Å². The molecule has 0 saturated heterocycles. The van der Waals surface area contributed by atoms with Gasteiger partial charge >= 0.3 is 0 Å². The van der Waals surface area contributed by atoms with Crippen LogP contribution in [0.25, 0.3) is 0 Å². The molecular weight excluding hydrogens is 190 g/mol.